The quantitative estimate of drug-likeness (QED) is 0.419. The molecule has 2 saturated carbocycles. The minimum atomic E-state index is -0.167. The zero-order valence-corrected chi connectivity index (χ0v) is 21.4. The number of rotatable bonds is 7. The van der Waals surface area contributed by atoms with Gasteiger partial charge in [0.2, 0.25) is 5.95 Å². The molecular formula is C27H39ClN6O. The van der Waals surface area contributed by atoms with Gasteiger partial charge in [0.1, 0.15) is 11.0 Å². The Hall–Kier alpha value is -1.96. The van der Waals surface area contributed by atoms with Gasteiger partial charge in [-0.1, -0.05) is 30.9 Å². The third-order valence-corrected chi connectivity index (χ3v) is 8.31. The van der Waals surface area contributed by atoms with Crippen molar-refractivity contribution in [3.8, 4) is 0 Å². The first kappa shape index (κ1) is 24.7. The molecule has 3 fully saturated rings. The van der Waals surface area contributed by atoms with Crippen LogP contribution in [0.5, 0.6) is 0 Å². The van der Waals surface area contributed by atoms with Gasteiger partial charge < -0.3 is 20.6 Å². The highest BCUT2D eigenvalue weighted by molar-refractivity contribution is 6.29. The molecule has 190 valence electrons. The minimum absolute atomic E-state index is 0.167. The predicted molar refractivity (Wildman–Crippen MR) is 141 cm³/mol. The van der Waals surface area contributed by atoms with Crippen molar-refractivity contribution < 1.29 is 5.11 Å². The molecule has 0 atom stereocenters. The molecule has 2 aromatic heterocycles. The first-order valence-corrected chi connectivity index (χ1v) is 13.9. The van der Waals surface area contributed by atoms with E-state index < -0.39 is 0 Å². The largest absolute Gasteiger partial charge is 0.393 e. The van der Waals surface area contributed by atoms with E-state index in [1.54, 1.807) is 12.3 Å². The van der Waals surface area contributed by atoms with Gasteiger partial charge in [0.15, 0.2) is 0 Å². The summed E-state index contributed by atoms with van der Waals surface area (Å²) < 4.78 is 0. The molecule has 3 aliphatic rings. The molecular weight excluding hydrogens is 460 g/mol. The first-order valence-electron chi connectivity index (χ1n) is 13.5. The fraction of sp³-hybridized carbons (Fsp3) is 0.667. The van der Waals surface area contributed by atoms with Gasteiger partial charge in [-0.05, 0) is 88.4 Å². The Balaban J connectivity index is 1.28. The van der Waals surface area contributed by atoms with E-state index in [9.17, 15) is 5.11 Å². The summed E-state index contributed by atoms with van der Waals surface area (Å²) in [6.45, 7) is 3.59. The second-order valence-corrected chi connectivity index (χ2v) is 11.1. The minimum Gasteiger partial charge on any atom is -0.393 e. The summed E-state index contributed by atoms with van der Waals surface area (Å²) >= 11 is 6.05. The van der Waals surface area contributed by atoms with E-state index in [1.165, 1.54) is 44.2 Å². The average Bonchev–Trinajstić information content (AvgIpc) is 2.87. The lowest BCUT2D eigenvalue weighted by Gasteiger charge is -2.36. The van der Waals surface area contributed by atoms with Crippen LogP contribution in [0.15, 0.2) is 24.5 Å². The topological polar surface area (TPSA) is 86.2 Å². The van der Waals surface area contributed by atoms with Gasteiger partial charge in [0.25, 0.3) is 0 Å². The molecule has 7 nitrogen and oxygen atoms in total. The highest BCUT2D eigenvalue weighted by atomic mass is 35.5. The van der Waals surface area contributed by atoms with Crippen LogP contribution in [0, 0.1) is 5.92 Å². The van der Waals surface area contributed by atoms with Gasteiger partial charge in [0, 0.05) is 36.2 Å². The molecule has 1 aliphatic heterocycles. The molecule has 2 aliphatic carbocycles. The third-order valence-electron chi connectivity index (χ3n) is 8.11. The Bertz CT molecular complexity index is 952. The summed E-state index contributed by atoms with van der Waals surface area (Å²) in [6, 6.07) is 3.97. The van der Waals surface area contributed by atoms with Crippen molar-refractivity contribution in [2.24, 2.45) is 5.92 Å². The number of hydrogen-bond acceptors (Lipinski definition) is 7. The molecule has 3 heterocycles. The van der Waals surface area contributed by atoms with Crippen LogP contribution in [0.25, 0.3) is 0 Å². The Morgan fingerprint density at radius 3 is 2.49 bits per heavy atom. The SMILES string of the molecule is OC1CCC(Nc2nc(Nc3ccnc(Cl)c3)ncc2C2CCN(CC3CCCCC3)CC2)CC1. The zero-order chi connectivity index (χ0) is 24.0. The number of aliphatic hydroxyl groups excluding tert-OH is 1. The molecule has 0 radical (unpaired) electrons. The lowest BCUT2D eigenvalue weighted by molar-refractivity contribution is 0.126. The van der Waals surface area contributed by atoms with E-state index in [0.29, 0.717) is 23.1 Å². The van der Waals surface area contributed by atoms with Gasteiger partial charge in [-0.2, -0.15) is 4.98 Å². The molecule has 0 amide bonds. The molecule has 5 rings (SSSR count). The monoisotopic (exact) mass is 498 g/mol. The van der Waals surface area contributed by atoms with E-state index in [1.807, 2.05) is 12.3 Å². The number of nitrogens with one attached hydrogen (secondary N) is 2. The molecule has 35 heavy (non-hydrogen) atoms. The number of anilines is 3. The fourth-order valence-corrected chi connectivity index (χ4v) is 6.22. The number of likely N-dealkylation sites (tertiary alicyclic amines) is 1. The van der Waals surface area contributed by atoms with Crippen molar-refractivity contribution in [1.29, 1.82) is 0 Å². The summed E-state index contributed by atoms with van der Waals surface area (Å²) in [5, 5.41) is 17.4. The van der Waals surface area contributed by atoms with Crippen LogP contribution in [0.2, 0.25) is 5.15 Å². The maximum atomic E-state index is 9.94. The van der Waals surface area contributed by atoms with Crippen molar-refractivity contribution >= 4 is 29.1 Å². The van der Waals surface area contributed by atoms with E-state index in [0.717, 1.165) is 69.0 Å². The fourth-order valence-electron chi connectivity index (χ4n) is 6.05. The number of piperidine rings is 1. The van der Waals surface area contributed by atoms with Crippen molar-refractivity contribution in [3.63, 3.8) is 0 Å². The Labute approximate surface area is 214 Å². The highest BCUT2D eigenvalue weighted by Crippen LogP contribution is 2.35. The number of halogens is 1. The third kappa shape index (κ3) is 6.83. The molecule has 0 spiro atoms. The predicted octanol–water partition coefficient (Wildman–Crippen LogP) is 5.74. The number of hydrogen-bond donors (Lipinski definition) is 3. The number of nitrogens with zero attached hydrogens (tertiary/aromatic N) is 4. The summed E-state index contributed by atoms with van der Waals surface area (Å²) in [6.07, 6.45) is 16.5. The Kier molecular flexibility index (Phi) is 8.37. The van der Waals surface area contributed by atoms with Crippen molar-refractivity contribution in [1.82, 2.24) is 19.9 Å². The van der Waals surface area contributed by atoms with E-state index in [2.05, 4.69) is 25.5 Å². The lowest BCUT2D eigenvalue weighted by atomic mass is 9.86. The zero-order valence-electron chi connectivity index (χ0n) is 20.6. The first-order chi connectivity index (χ1) is 17.1. The van der Waals surface area contributed by atoms with Crippen LogP contribution >= 0.6 is 11.6 Å². The van der Waals surface area contributed by atoms with Gasteiger partial charge in [-0.15, -0.1) is 0 Å². The van der Waals surface area contributed by atoms with Crippen molar-refractivity contribution in [2.45, 2.75) is 88.7 Å². The van der Waals surface area contributed by atoms with E-state index >= 15 is 0 Å². The lowest BCUT2D eigenvalue weighted by Crippen LogP contribution is -2.37. The second kappa shape index (κ2) is 11.8. The van der Waals surface area contributed by atoms with Crippen LogP contribution < -0.4 is 10.6 Å². The maximum Gasteiger partial charge on any atom is 0.229 e. The maximum absolute atomic E-state index is 9.94. The Morgan fingerprint density at radius 1 is 0.971 bits per heavy atom. The molecule has 1 saturated heterocycles. The van der Waals surface area contributed by atoms with Crippen LogP contribution in [0.4, 0.5) is 17.5 Å². The second-order valence-electron chi connectivity index (χ2n) is 10.7. The van der Waals surface area contributed by atoms with Crippen LogP contribution in [-0.4, -0.2) is 56.7 Å². The molecule has 0 unspecified atom stereocenters. The summed E-state index contributed by atoms with van der Waals surface area (Å²) in [5.74, 6) is 2.87. The van der Waals surface area contributed by atoms with Crippen LogP contribution in [-0.2, 0) is 0 Å². The normalized spacial score (nSPS) is 24.9. The molecule has 0 aromatic carbocycles. The van der Waals surface area contributed by atoms with Crippen molar-refractivity contribution in [3.05, 3.63) is 35.2 Å². The molecule has 2 aromatic rings. The van der Waals surface area contributed by atoms with Gasteiger partial charge in [0.05, 0.1) is 6.10 Å². The average molecular weight is 499 g/mol. The van der Waals surface area contributed by atoms with E-state index in [-0.39, 0.29) is 6.10 Å². The Morgan fingerprint density at radius 2 is 1.74 bits per heavy atom. The number of pyridine rings is 1. The number of aromatic nitrogens is 3. The van der Waals surface area contributed by atoms with Gasteiger partial charge in [-0.25, -0.2) is 9.97 Å². The van der Waals surface area contributed by atoms with Crippen molar-refractivity contribution in [2.75, 3.05) is 30.3 Å². The summed E-state index contributed by atoms with van der Waals surface area (Å²) in [4.78, 5) is 16.3. The van der Waals surface area contributed by atoms with Gasteiger partial charge in [-0.3, -0.25) is 0 Å². The highest BCUT2D eigenvalue weighted by Gasteiger charge is 2.27. The number of aliphatic hydroxyl groups is 1. The molecule has 3 N–H and O–H groups in total. The summed E-state index contributed by atoms with van der Waals surface area (Å²) in [5.41, 5.74) is 2.05. The van der Waals surface area contributed by atoms with E-state index in [4.69, 9.17) is 16.6 Å². The summed E-state index contributed by atoms with van der Waals surface area (Å²) in [7, 11) is 0. The molecule has 8 heteroatoms. The standard InChI is InChI=1S/C27H39ClN6O/c28-25-16-22(10-13-29-25)32-27-30-17-24(26(33-27)31-21-6-8-23(35)9-7-21)20-11-14-34(15-12-20)18-19-4-2-1-3-5-19/h10,13,16-17,19-21,23,35H,1-9,11-12,14-15,18H2,(H2,29,30,31,32,33). The van der Waals surface area contributed by atoms with Gasteiger partial charge >= 0.3 is 0 Å². The van der Waals surface area contributed by atoms with Crippen LogP contribution in [0.1, 0.15) is 82.1 Å². The smallest absolute Gasteiger partial charge is 0.229 e. The molecule has 0 bridgehead atoms. The van der Waals surface area contributed by atoms with Crippen LogP contribution in [0.3, 0.4) is 0 Å².